The van der Waals surface area contributed by atoms with E-state index < -0.39 is 18.5 Å². The summed E-state index contributed by atoms with van der Waals surface area (Å²) in [4.78, 5) is 0. The number of hydrogen-bond acceptors (Lipinski definition) is 4. The van der Waals surface area contributed by atoms with Crippen LogP contribution in [-0.2, 0) is 14.0 Å². The van der Waals surface area contributed by atoms with Gasteiger partial charge >= 0.3 is 7.32 Å². The van der Waals surface area contributed by atoms with Crippen molar-refractivity contribution in [1.29, 1.82) is 0 Å². The van der Waals surface area contributed by atoms with Gasteiger partial charge in [0, 0.05) is 11.8 Å². The van der Waals surface area contributed by atoms with Crippen LogP contribution in [0.1, 0.15) is 78.7 Å². The lowest BCUT2D eigenvalue weighted by atomic mass is 9.90. The zero-order chi connectivity index (χ0) is 19.3. The summed E-state index contributed by atoms with van der Waals surface area (Å²) in [5.41, 5.74) is 2.44. The molecule has 5 nitrogen and oxygen atoms in total. The van der Waals surface area contributed by atoms with Crippen LogP contribution >= 0.6 is 0 Å². The number of fused-ring (bicyclic) bond motifs is 1. The van der Waals surface area contributed by atoms with Crippen molar-refractivity contribution in [2.75, 3.05) is 0 Å². The molecule has 2 aromatic rings. The first kappa shape index (κ1) is 19.4. The van der Waals surface area contributed by atoms with E-state index in [1.54, 1.807) is 0 Å². The Morgan fingerprint density at radius 2 is 1.65 bits per heavy atom. The lowest BCUT2D eigenvalue weighted by Gasteiger charge is -2.31. The Hall–Kier alpha value is -1.37. The zero-order valence-corrected chi connectivity index (χ0v) is 17.2. The minimum Gasteiger partial charge on any atom is -0.378 e. The van der Waals surface area contributed by atoms with Gasteiger partial charge in [-0.25, -0.2) is 4.52 Å². The zero-order valence-electron chi connectivity index (χ0n) is 17.2. The molecule has 26 heavy (non-hydrogen) atoms. The molecule has 2 aromatic heterocycles. The second-order valence-corrected chi connectivity index (χ2v) is 8.83. The molecule has 1 saturated heterocycles. The summed E-state index contributed by atoms with van der Waals surface area (Å²) in [5.74, 6) is 0.549. The van der Waals surface area contributed by atoms with Crippen LogP contribution in [0, 0.1) is 5.92 Å². The van der Waals surface area contributed by atoms with Crippen LogP contribution in [0.15, 0.2) is 24.4 Å². The molecule has 1 aliphatic rings. The van der Waals surface area contributed by atoms with Crippen molar-refractivity contribution in [2.24, 2.45) is 5.92 Å². The standard InChI is InChI=1S/C20H31BN2O3/c1-13(2)17-16(15-11-9-10-12-23(15)22-17)18(14(3)4)24-21-25-19(5,6)20(7,8)26-21/h9-14,18H,1-8H3. The molecular weight excluding hydrogens is 327 g/mol. The number of nitrogens with zero attached hydrogens (tertiary/aromatic N) is 2. The van der Waals surface area contributed by atoms with Crippen molar-refractivity contribution in [1.82, 2.24) is 9.61 Å². The second kappa shape index (κ2) is 6.66. The maximum absolute atomic E-state index is 6.39. The third kappa shape index (κ3) is 3.30. The van der Waals surface area contributed by atoms with Gasteiger partial charge in [0.15, 0.2) is 0 Å². The normalized spacial score (nSPS) is 20.5. The summed E-state index contributed by atoms with van der Waals surface area (Å²) < 4.78 is 20.5. The van der Waals surface area contributed by atoms with Gasteiger partial charge in [0.2, 0.25) is 0 Å². The molecule has 0 radical (unpaired) electrons. The molecule has 1 atom stereocenters. The second-order valence-electron chi connectivity index (χ2n) is 8.83. The summed E-state index contributed by atoms with van der Waals surface area (Å²) in [5, 5.41) is 4.80. The monoisotopic (exact) mass is 358 g/mol. The van der Waals surface area contributed by atoms with E-state index in [0.717, 1.165) is 16.8 Å². The van der Waals surface area contributed by atoms with Crippen LogP contribution < -0.4 is 0 Å². The van der Waals surface area contributed by atoms with Gasteiger partial charge in [-0.05, 0) is 51.7 Å². The summed E-state index contributed by atoms with van der Waals surface area (Å²) >= 11 is 0. The maximum atomic E-state index is 6.39. The van der Waals surface area contributed by atoms with E-state index >= 15 is 0 Å². The molecule has 1 unspecified atom stereocenters. The van der Waals surface area contributed by atoms with Crippen molar-refractivity contribution >= 4 is 12.8 Å². The summed E-state index contributed by atoms with van der Waals surface area (Å²) in [6, 6.07) is 6.13. The smallest absolute Gasteiger partial charge is 0.378 e. The fraction of sp³-hybridized carbons (Fsp3) is 0.650. The maximum Gasteiger partial charge on any atom is 0.640 e. The van der Waals surface area contributed by atoms with Crippen molar-refractivity contribution in [2.45, 2.75) is 78.6 Å². The summed E-state index contributed by atoms with van der Waals surface area (Å²) in [6.07, 6.45) is 1.82. The highest BCUT2D eigenvalue weighted by atomic mass is 16.8. The minimum absolute atomic E-state index is 0.165. The molecule has 0 aliphatic carbocycles. The first-order chi connectivity index (χ1) is 12.0. The van der Waals surface area contributed by atoms with Crippen LogP contribution in [0.5, 0.6) is 0 Å². The SMILES string of the molecule is CC(C)c1nn2ccccc2c1C(OB1OC(C)(C)C(C)(C)O1)C(C)C. The van der Waals surface area contributed by atoms with E-state index in [1.807, 2.05) is 50.5 Å². The largest absolute Gasteiger partial charge is 0.640 e. The van der Waals surface area contributed by atoms with Gasteiger partial charge in [-0.1, -0.05) is 33.8 Å². The Balaban J connectivity index is 2.00. The van der Waals surface area contributed by atoms with Gasteiger partial charge in [0.25, 0.3) is 0 Å². The molecule has 3 rings (SSSR count). The van der Waals surface area contributed by atoms with E-state index in [9.17, 15) is 0 Å². The molecule has 0 N–H and O–H groups in total. The Kier molecular flexibility index (Phi) is 4.97. The molecular formula is C20H31BN2O3. The van der Waals surface area contributed by atoms with Crippen LogP contribution in [0.25, 0.3) is 5.52 Å². The fourth-order valence-corrected chi connectivity index (χ4v) is 3.28. The Morgan fingerprint density at radius 1 is 1.04 bits per heavy atom. The lowest BCUT2D eigenvalue weighted by molar-refractivity contribution is 0.00578. The highest BCUT2D eigenvalue weighted by Gasteiger charge is 2.54. The molecule has 0 spiro atoms. The molecule has 142 valence electrons. The number of pyridine rings is 1. The Morgan fingerprint density at radius 3 is 2.19 bits per heavy atom. The summed E-state index contributed by atoms with van der Waals surface area (Å²) in [7, 11) is -0.689. The topological polar surface area (TPSA) is 45.0 Å². The molecule has 0 saturated carbocycles. The van der Waals surface area contributed by atoms with Gasteiger partial charge in [-0.3, -0.25) is 0 Å². The quantitative estimate of drug-likeness (QED) is 0.723. The molecule has 0 amide bonds. The minimum atomic E-state index is -0.689. The number of aromatic nitrogens is 2. The fourth-order valence-electron chi connectivity index (χ4n) is 3.28. The van der Waals surface area contributed by atoms with Crippen molar-refractivity contribution < 1.29 is 14.0 Å². The predicted molar refractivity (Wildman–Crippen MR) is 104 cm³/mol. The van der Waals surface area contributed by atoms with E-state index in [-0.39, 0.29) is 12.0 Å². The Labute approximate surface area is 157 Å². The van der Waals surface area contributed by atoms with Gasteiger partial charge < -0.3 is 14.0 Å². The predicted octanol–water partition coefficient (Wildman–Crippen LogP) is 4.76. The lowest BCUT2D eigenvalue weighted by Crippen LogP contribution is -2.41. The highest BCUT2D eigenvalue weighted by Crippen LogP contribution is 2.41. The Bertz CT molecular complexity index is 766. The van der Waals surface area contributed by atoms with E-state index in [4.69, 9.17) is 19.1 Å². The highest BCUT2D eigenvalue weighted by molar-refractivity contribution is 6.37. The third-order valence-electron chi connectivity index (χ3n) is 5.53. The van der Waals surface area contributed by atoms with Crippen LogP contribution in [0.3, 0.4) is 0 Å². The van der Waals surface area contributed by atoms with Gasteiger partial charge in [0.1, 0.15) is 0 Å². The summed E-state index contributed by atoms with van der Waals surface area (Å²) in [6.45, 7) is 16.8. The number of hydrogen-bond donors (Lipinski definition) is 0. The van der Waals surface area contributed by atoms with Gasteiger partial charge in [-0.15, -0.1) is 0 Å². The average molecular weight is 358 g/mol. The molecule has 3 heterocycles. The van der Waals surface area contributed by atoms with E-state index in [0.29, 0.717) is 5.92 Å². The molecule has 0 aromatic carbocycles. The van der Waals surface area contributed by atoms with Gasteiger partial charge in [-0.2, -0.15) is 5.10 Å². The van der Waals surface area contributed by atoms with Crippen molar-refractivity contribution in [3.8, 4) is 0 Å². The van der Waals surface area contributed by atoms with Crippen LogP contribution in [-0.4, -0.2) is 28.1 Å². The average Bonchev–Trinajstić information content (AvgIpc) is 2.99. The first-order valence-electron chi connectivity index (χ1n) is 9.52. The first-order valence-corrected chi connectivity index (χ1v) is 9.52. The number of rotatable bonds is 5. The molecule has 6 heteroatoms. The van der Waals surface area contributed by atoms with Crippen molar-refractivity contribution in [3.63, 3.8) is 0 Å². The van der Waals surface area contributed by atoms with E-state index in [2.05, 4.69) is 33.8 Å². The van der Waals surface area contributed by atoms with Crippen LogP contribution in [0.4, 0.5) is 0 Å². The molecule has 1 fully saturated rings. The van der Waals surface area contributed by atoms with E-state index in [1.165, 1.54) is 0 Å². The van der Waals surface area contributed by atoms with Gasteiger partial charge in [0.05, 0.1) is 28.5 Å². The molecule has 1 aliphatic heterocycles. The van der Waals surface area contributed by atoms with Crippen LogP contribution in [0.2, 0.25) is 0 Å². The third-order valence-corrected chi connectivity index (χ3v) is 5.53. The van der Waals surface area contributed by atoms with Crippen molar-refractivity contribution in [3.05, 3.63) is 35.7 Å². The molecule has 0 bridgehead atoms.